The van der Waals surface area contributed by atoms with Crippen LogP contribution in [0.2, 0.25) is 0 Å². The van der Waals surface area contributed by atoms with Crippen LogP contribution in [0.3, 0.4) is 0 Å². The van der Waals surface area contributed by atoms with Crippen molar-refractivity contribution in [3.05, 3.63) is 58.1 Å². The molecule has 0 N–H and O–H groups in total. The van der Waals surface area contributed by atoms with Gasteiger partial charge in [0.25, 0.3) is 0 Å². The number of hydrogen-bond donors (Lipinski definition) is 0. The van der Waals surface area contributed by atoms with Gasteiger partial charge >= 0.3 is 11.9 Å². The van der Waals surface area contributed by atoms with E-state index in [1.165, 1.54) is 14.2 Å². The first kappa shape index (κ1) is 22.7. The normalized spacial score (nSPS) is 17.5. The number of carbonyl (C=O) groups excluding carboxylic acids is 2. The lowest BCUT2D eigenvalue weighted by molar-refractivity contribution is -0.169. The van der Waals surface area contributed by atoms with Crippen molar-refractivity contribution in [2.45, 2.75) is 52.7 Å². The van der Waals surface area contributed by atoms with Crippen molar-refractivity contribution >= 4 is 11.9 Å². The van der Waals surface area contributed by atoms with Gasteiger partial charge < -0.3 is 18.9 Å². The lowest BCUT2D eigenvalue weighted by Crippen LogP contribution is -2.51. The number of methoxy groups -OCH3 is 2. The first-order valence-electron chi connectivity index (χ1n) is 10.4. The lowest BCUT2D eigenvalue weighted by Gasteiger charge is -2.40. The highest BCUT2D eigenvalue weighted by Gasteiger charge is 2.50. The van der Waals surface area contributed by atoms with E-state index in [0.29, 0.717) is 25.2 Å². The average Bonchev–Trinajstić information content (AvgIpc) is 2.77. The zero-order valence-corrected chi connectivity index (χ0v) is 19.0. The summed E-state index contributed by atoms with van der Waals surface area (Å²) in [5.41, 5.74) is 4.00. The van der Waals surface area contributed by atoms with Gasteiger partial charge in [-0.15, -0.1) is 0 Å². The molecule has 1 atom stereocenters. The zero-order chi connectivity index (χ0) is 22.8. The molecule has 0 bridgehead atoms. The molecule has 0 saturated carbocycles. The summed E-state index contributed by atoms with van der Waals surface area (Å²) >= 11 is 0. The minimum Gasteiger partial charge on any atom is -0.488 e. The number of rotatable bonds is 6. The molecule has 3 rings (SSSR count). The molecule has 0 aliphatic carbocycles. The average molecular weight is 427 g/mol. The van der Waals surface area contributed by atoms with Crippen LogP contribution in [-0.2, 0) is 32.1 Å². The molecule has 0 unspecified atom stereocenters. The Kier molecular flexibility index (Phi) is 6.58. The van der Waals surface area contributed by atoms with Crippen LogP contribution in [0.25, 0.3) is 0 Å². The second-order valence-corrected chi connectivity index (χ2v) is 8.18. The van der Waals surface area contributed by atoms with Gasteiger partial charge in [-0.3, -0.25) is 9.59 Å². The van der Waals surface area contributed by atoms with E-state index in [1.54, 1.807) is 6.92 Å². The Morgan fingerprint density at radius 3 is 2.19 bits per heavy atom. The second-order valence-electron chi connectivity index (χ2n) is 8.18. The van der Waals surface area contributed by atoms with E-state index >= 15 is 0 Å². The quantitative estimate of drug-likeness (QED) is 0.508. The Morgan fingerprint density at radius 2 is 1.61 bits per heavy atom. The predicted octanol–water partition coefficient (Wildman–Crippen LogP) is 4.24. The van der Waals surface area contributed by atoms with Gasteiger partial charge in [-0.05, 0) is 62.8 Å². The van der Waals surface area contributed by atoms with Crippen LogP contribution in [0.15, 0.2) is 30.3 Å². The highest BCUT2D eigenvalue weighted by molar-refractivity contribution is 5.96. The van der Waals surface area contributed by atoms with Crippen LogP contribution >= 0.6 is 0 Å². The molecule has 2 aromatic carbocycles. The van der Waals surface area contributed by atoms with Gasteiger partial charge in [0.1, 0.15) is 23.7 Å². The maximum atomic E-state index is 12.4. The second kappa shape index (κ2) is 9.00. The number of carbonyl (C=O) groups is 2. The van der Waals surface area contributed by atoms with Crippen LogP contribution in [0.4, 0.5) is 0 Å². The monoisotopic (exact) mass is 426 g/mol. The standard InChI is InChI=1S/C25H30O6/c1-15-16(2)22-19(17(3)21(15)30-14-18-10-8-7-9-11-18)12-13-25(4,31-22)20(23(26)28-5)24(27)29-6/h7-11,20H,12-14H2,1-6H3/t25-/m0/s1. The van der Waals surface area contributed by atoms with Crippen LogP contribution in [0, 0.1) is 26.7 Å². The van der Waals surface area contributed by atoms with Crippen molar-refractivity contribution in [3.8, 4) is 11.5 Å². The number of fused-ring (bicyclic) bond motifs is 1. The van der Waals surface area contributed by atoms with Crippen molar-refractivity contribution in [3.63, 3.8) is 0 Å². The molecule has 31 heavy (non-hydrogen) atoms. The number of ether oxygens (including phenoxy) is 4. The van der Waals surface area contributed by atoms with Crippen molar-refractivity contribution in [1.29, 1.82) is 0 Å². The summed E-state index contributed by atoms with van der Waals surface area (Å²) in [7, 11) is 2.52. The highest BCUT2D eigenvalue weighted by Crippen LogP contribution is 2.46. The zero-order valence-electron chi connectivity index (χ0n) is 19.0. The number of benzene rings is 2. The summed E-state index contributed by atoms with van der Waals surface area (Å²) in [5.74, 6) is -0.929. The van der Waals surface area contributed by atoms with Crippen LogP contribution in [0.1, 0.15) is 41.2 Å². The molecule has 1 heterocycles. The van der Waals surface area contributed by atoms with E-state index in [2.05, 4.69) is 0 Å². The summed E-state index contributed by atoms with van der Waals surface area (Å²) in [5, 5.41) is 0. The molecule has 0 aromatic heterocycles. The molecule has 6 heteroatoms. The van der Waals surface area contributed by atoms with Gasteiger partial charge in [-0.2, -0.15) is 0 Å². The smallest absolute Gasteiger partial charge is 0.324 e. The molecule has 2 aromatic rings. The summed E-state index contributed by atoms with van der Waals surface area (Å²) in [4.78, 5) is 24.8. The van der Waals surface area contributed by atoms with Crippen molar-refractivity contribution < 1.29 is 28.5 Å². The van der Waals surface area contributed by atoms with Gasteiger partial charge in [0.2, 0.25) is 0 Å². The minimum absolute atomic E-state index is 0.469. The van der Waals surface area contributed by atoms with E-state index in [1.807, 2.05) is 51.1 Å². The summed E-state index contributed by atoms with van der Waals surface area (Å²) < 4.78 is 22.3. The maximum Gasteiger partial charge on any atom is 0.324 e. The molecule has 0 radical (unpaired) electrons. The third-order valence-corrected chi connectivity index (χ3v) is 6.23. The molecule has 1 aliphatic heterocycles. The molecular weight excluding hydrogens is 396 g/mol. The van der Waals surface area contributed by atoms with Crippen molar-refractivity contribution in [2.75, 3.05) is 14.2 Å². The largest absolute Gasteiger partial charge is 0.488 e. The van der Waals surface area contributed by atoms with E-state index in [9.17, 15) is 9.59 Å². The van der Waals surface area contributed by atoms with Gasteiger partial charge in [0.15, 0.2) is 5.92 Å². The Bertz CT molecular complexity index is 965. The molecule has 6 nitrogen and oxygen atoms in total. The molecule has 0 amide bonds. The fourth-order valence-electron chi connectivity index (χ4n) is 4.23. The van der Waals surface area contributed by atoms with Crippen molar-refractivity contribution in [2.24, 2.45) is 5.92 Å². The molecule has 0 fully saturated rings. The van der Waals surface area contributed by atoms with Crippen LogP contribution in [-0.4, -0.2) is 31.8 Å². The van der Waals surface area contributed by atoms with Crippen LogP contribution in [0.5, 0.6) is 11.5 Å². The first-order chi connectivity index (χ1) is 14.7. The van der Waals surface area contributed by atoms with E-state index in [-0.39, 0.29) is 0 Å². The Balaban J connectivity index is 1.96. The fraction of sp³-hybridized carbons (Fsp3) is 0.440. The summed E-state index contributed by atoms with van der Waals surface area (Å²) in [6, 6.07) is 10.0. The van der Waals surface area contributed by atoms with Gasteiger partial charge in [0, 0.05) is 5.56 Å². The lowest BCUT2D eigenvalue weighted by atomic mass is 9.79. The Morgan fingerprint density at radius 1 is 1.00 bits per heavy atom. The molecule has 0 saturated heterocycles. The first-order valence-corrected chi connectivity index (χ1v) is 10.4. The number of esters is 2. The highest BCUT2D eigenvalue weighted by atomic mass is 16.6. The molecular formula is C25H30O6. The number of hydrogen-bond acceptors (Lipinski definition) is 6. The SMILES string of the molecule is COC(=O)C(C(=O)OC)[C@]1(C)CCc2c(C)c(OCc3ccccc3)c(C)c(C)c2O1. The fourth-order valence-corrected chi connectivity index (χ4v) is 4.23. The summed E-state index contributed by atoms with van der Waals surface area (Å²) in [6.07, 6.45) is 1.11. The Hall–Kier alpha value is -3.02. The van der Waals surface area contributed by atoms with Crippen LogP contribution < -0.4 is 9.47 Å². The third-order valence-electron chi connectivity index (χ3n) is 6.23. The topological polar surface area (TPSA) is 71.1 Å². The minimum atomic E-state index is -1.16. The maximum absolute atomic E-state index is 12.4. The summed E-state index contributed by atoms with van der Waals surface area (Å²) in [6.45, 7) is 8.23. The Labute approximate surface area is 183 Å². The predicted molar refractivity (Wildman–Crippen MR) is 116 cm³/mol. The molecule has 0 spiro atoms. The van der Waals surface area contributed by atoms with Gasteiger partial charge in [-0.25, -0.2) is 0 Å². The van der Waals surface area contributed by atoms with E-state index < -0.39 is 23.5 Å². The molecule has 1 aliphatic rings. The van der Waals surface area contributed by atoms with Crippen molar-refractivity contribution in [1.82, 2.24) is 0 Å². The van der Waals surface area contributed by atoms with Gasteiger partial charge in [-0.1, -0.05) is 30.3 Å². The third kappa shape index (κ3) is 4.24. The molecule has 166 valence electrons. The van der Waals surface area contributed by atoms with E-state index in [0.717, 1.165) is 33.6 Å². The van der Waals surface area contributed by atoms with Gasteiger partial charge in [0.05, 0.1) is 14.2 Å². The van der Waals surface area contributed by atoms with E-state index in [4.69, 9.17) is 18.9 Å².